The molecule has 0 aliphatic rings. The number of aryl methyl sites for hydroxylation is 2. The Morgan fingerprint density at radius 3 is 2.83 bits per heavy atom. The number of rotatable bonds is 6. The molecular weight excluding hydrogens is 384 g/mol. The van der Waals surface area contributed by atoms with Crippen molar-refractivity contribution < 1.29 is 4.79 Å². The van der Waals surface area contributed by atoms with E-state index in [1.165, 1.54) is 11.3 Å². The molecule has 7 heteroatoms. The molecule has 0 saturated heterocycles. The molecule has 0 aliphatic heterocycles. The van der Waals surface area contributed by atoms with Crippen LogP contribution in [0.5, 0.6) is 0 Å². The van der Waals surface area contributed by atoms with Crippen LogP contribution in [-0.2, 0) is 6.54 Å². The summed E-state index contributed by atoms with van der Waals surface area (Å²) in [6.07, 6.45) is 6.39. The molecule has 0 bridgehead atoms. The standard InChI is InChI=1S/C22H22N4O2S/c1-3-4-5-12-26-13-24-21-17(22(26)28)14(2)19(29-21)20(27)25-16-10-6-8-15-9-7-11-23-18(15)16/h6-11,13H,3-5,12H2,1-2H3,(H,25,27). The number of pyridine rings is 1. The molecule has 3 heterocycles. The van der Waals surface area contributed by atoms with Crippen LogP contribution in [0.4, 0.5) is 5.69 Å². The van der Waals surface area contributed by atoms with E-state index >= 15 is 0 Å². The second-order valence-corrected chi connectivity index (χ2v) is 8.02. The lowest BCUT2D eigenvalue weighted by Gasteiger charge is -2.07. The molecule has 1 amide bonds. The second kappa shape index (κ2) is 8.13. The number of unbranched alkanes of at least 4 members (excludes halogenated alkanes) is 2. The van der Waals surface area contributed by atoms with Gasteiger partial charge in [-0.3, -0.25) is 19.1 Å². The predicted octanol–water partition coefficient (Wildman–Crippen LogP) is 4.76. The Balaban J connectivity index is 1.68. The van der Waals surface area contributed by atoms with Crippen molar-refractivity contribution in [3.05, 3.63) is 63.7 Å². The second-order valence-electron chi connectivity index (χ2n) is 7.02. The summed E-state index contributed by atoms with van der Waals surface area (Å²) in [7, 11) is 0. The van der Waals surface area contributed by atoms with E-state index in [9.17, 15) is 9.59 Å². The zero-order valence-electron chi connectivity index (χ0n) is 16.4. The minimum atomic E-state index is -0.249. The summed E-state index contributed by atoms with van der Waals surface area (Å²) in [5.41, 5.74) is 1.98. The van der Waals surface area contributed by atoms with Crippen LogP contribution in [-0.4, -0.2) is 20.4 Å². The predicted molar refractivity (Wildman–Crippen MR) is 118 cm³/mol. The summed E-state index contributed by atoms with van der Waals surface area (Å²) in [6, 6.07) is 9.48. The zero-order chi connectivity index (χ0) is 20.4. The lowest BCUT2D eigenvalue weighted by molar-refractivity contribution is 0.103. The number of hydrogen-bond donors (Lipinski definition) is 1. The Bertz CT molecular complexity index is 1250. The average molecular weight is 407 g/mol. The highest BCUT2D eigenvalue weighted by Crippen LogP contribution is 2.29. The number of amides is 1. The van der Waals surface area contributed by atoms with Gasteiger partial charge >= 0.3 is 0 Å². The maximum absolute atomic E-state index is 13.0. The molecular formula is C22H22N4O2S. The lowest BCUT2D eigenvalue weighted by Crippen LogP contribution is -2.20. The SMILES string of the molecule is CCCCCn1cnc2sc(C(=O)Nc3cccc4cccnc34)c(C)c2c1=O. The number of para-hydroxylation sites is 1. The average Bonchev–Trinajstić information content (AvgIpc) is 3.07. The van der Waals surface area contributed by atoms with Crippen LogP contribution < -0.4 is 10.9 Å². The third kappa shape index (κ3) is 3.65. The van der Waals surface area contributed by atoms with Crippen molar-refractivity contribution in [1.29, 1.82) is 0 Å². The lowest BCUT2D eigenvalue weighted by atomic mass is 10.1. The van der Waals surface area contributed by atoms with Gasteiger partial charge in [0.2, 0.25) is 0 Å². The van der Waals surface area contributed by atoms with Gasteiger partial charge in [-0.05, 0) is 31.0 Å². The van der Waals surface area contributed by atoms with Crippen LogP contribution in [0.15, 0.2) is 47.7 Å². The molecule has 0 aliphatic carbocycles. The van der Waals surface area contributed by atoms with E-state index in [0.29, 0.717) is 32.9 Å². The van der Waals surface area contributed by atoms with Crippen molar-refractivity contribution in [2.75, 3.05) is 5.32 Å². The van der Waals surface area contributed by atoms with E-state index in [2.05, 4.69) is 22.2 Å². The fourth-order valence-electron chi connectivity index (χ4n) is 3.45. The maximum atomic E-state index is 13.0. The van der Waals surface area contributed by atoms with Gasteiger partial charge < -0.3 is 5.32 Å². The van der Waals surface area contributed by atoms with Crippen LogP contribution in [0.2, 0.25) is 0 Å². The molecule has 1 N–H and O–H groups in total. The minimum absolute atomic E-state index is 0.0780. The molecule has 0 radical (unpaired) electrons. The van der Waals surface area contributed by atoms with Crippen LogP contribution in [0.25, 0.3) is 21.1 Å². The molecule has 148 valence electrons. The fourth-order valence-corrected chi connectivity index (χ4v) is 4.49. The van der Waals surface area contributed by atoms with Gasteiger partial charge in [0.25, 0.3) is 11.5 Å². The molecule has 0 unspecified atom stereocenters. The van der Waals surface area contributed by atoms with E-state index in [0.717, 1.165) is 30.2 Å². The van der Waals surface area contributed by atoms with E-state index < -0.39 is 0 Å². The smallest absolute Gasteiger partial charge is 0.266 e. The van der Waals surface area contributed by atoms with Gasteiger partial charge in [0.1, 0.15) is 4.83 Å². The summed E-state index contributed by atoms with van der Waals surface area (Å²) in [5, 5.41) is 4.44. The molecule has 0 fully saturated rings. The molecule has 0 spiro atoms. The summed E-state index contributed by atoms with van der Waals surface area (Å²) < 4.78 is 1.65. The molecule has 0 saturated carbocycles. The monoisotopic (exact) mass is 406 g/mol. The Hall–Kier alpha value is -3.06. The summed E-state index contributed by atoms with van der Waals surface area (Å²) in [6.45, 7) is 4.59. The van der Waals surface area contributed by atoms with Gasteiger partial charge in [-0.2, -0.15) is 0 Å². The van der Waals surface area contributed by atoms with Crippen LogP contribution in [0, 0.1) is 6.92 Å². The largest absolute Gasteiger partial charge is 0.319 e. The van der Waals surface area contributed by atoms with Gasteiger partial charge in [0.15, 0.2) is 0 Å². The normalized spacial score (nSPS) is 11.2. The Morgan fingerprint density at radius 1 is 1.17 bits per heavy atom. The highest BCUT2D eigenvalue weighted by Gasteiger charge is 2.20. The number of carbonyl (C=O) groups is 1. The number of aromatic nitrogens is 3. The van der Waals surface area contributed by atoms with Crippen molar-refractivity contribution >= 4 is 44.1 Å². The molecule has 1 aromatic carbocycles. The zero-order valence-corrected chi connectivity index (χ0v) is 17.3. The van der Waals surface area contributed by atoms with Crippen molar-refractivity contribution in [1.82, 2.24) is 14.5 Å². The number of carbonyl (C=O) groups excluding carboxylic acids is 1. The Kier molecular flexibility index (Phi) is 5.40. The molecule has 29 heavy (non-hydrogen) atoms. The summed E-state index contributed by atoms with van der Waals surface area (Å²) >= 11 is 1.25. The van der Waals surface area contributed by atoms with Crippen molar-refractivity contribution in [2.24, 2.45) is 0 Å². The third-order valence-electron chi connectivity index (χ3n) is 5.01. The van der Waals surface area contributed by atoms with Crippen molar-refractivity contribution in [3.63, 3.8) is 0 Å². The molecule has 6 nitrogen and oxygen atoms in total. The minimum Gasteiger partial charge on any atom is -0.319 e. The number of nitrogens with one attached hydrogen (secondary N) is 1. The van der Waals surface area contributed by atoms with Gasteiger partial charge in [-0.15, -0.1) is 11.3 Å². The molecule has 3 aromatic heterocycles. The van der Waals surface area contributed by atoms with Crippen LogP contribution >= 0.6 is 11.3 Å². The number of anilines is 1. The van der Waals surface area contributed by atoms with Crippen molar-refractivity contribution in [3.8, 4) is 0 Å². The topological polar surface area (TPSA) is 76.9 Å². The number of hydrogen-bond acceptors (Lipinski definition) is 5. The highest BCUT2D eigenvalue weighted by atomic mass is 32.1. The first-order chi connectivity index (χ1) is 14.1. The number of thiophene rings is 1. The quantitative estimate of drug-likeness (QED) is 0.469. The van der Waals surface area contributed by atoms with Crippen LogP contribution in [0.3, 0.4) is 0 Å². The van der Waals surface area contributed by atoms with E-state index in [-0.39, 0.29) is 11.5 Å². The number of nitrogens with zero attached hydrogens (tertiary/aromatic N) is 3. The molecule has 4 aromatic rings. The van der Waals surface area contributed by atoms with Gasteiger partial charge in [0, 0.05) is 18.1 Å². The van der Waals surface area contributed by atoms with Crippen molar-refractivity contribution in [2.45, 2.75) is 39.7 Å². The number of fused-ring (bicyclic) bond motifs is 2. The van der Waals surface area contributed by atoms with E-state index in [1.54, 1.807) is 17.1 Å². The Morgan fingerprint density at radius 2 is 2.00 bits per heavy atom. The van der Waals surface area contributed by atoms with Gasteiger partial charge in [-0.25, -0.2) is 4.98 Å². The number of benzene rings is 1. The Labute approximate surface area is 172 Å². The highest BCUT2D eigenvalue weighted by molar-refractivity contribution is 7.20. The molecule has 0 atom stereocenters. The fraction of sp³-hybridized carbons (Fsp3) is 0.273. The van der Waals surface area contributed by atoms with E-state index in [4.69, 9.17) is 0 Å². The first-order valence-corrected chi connectivity index (χ1v) is 10.6. The third-order valence-corrected chi connectivity index (χ3v) is 6.21. The van der Waals surface area contributed by atoms with Gasteiger partial charge in [0.05, 0.1) is 27.8 Å². The summed E-state index contributed by atoms with van der Waals surface area (Å²) in [5.74, 6) is -0.249. The summed E-state index contributed by atoms with van der Waals surface area (Å²) in [4.78, 5) is 35.8. The van der Waals surface area contributed by atoms with E-state index in [1.807, 2.05) is 37.3 Å². The maximum Gasteiger partial charge on any atom is 0.266 e. The van der Waals surface area contributed by atoms with Crippen LogP contribution in [0.1, 0.15) is 41.4 Å². The first-order valence-electron chi connectivity index (χ1n) is 9.73. The molecule has 4 rings (SSSR count). The van der Waals surface area contributed by atoms with Gasteiger partial charge in [-0.1, -0.05) is 38.0 Å². The first kappa shape index (κ1) is 19.3.